The predicted molar refractivity (Wildman–Crippen MR) is 108 cm³/mol. The first kappa shape index (κ1) is 26.2. The van der Waals surface area contributed by atoms with Crippen LogP contribution in [0.15, 0.2) is 0 Å². The quantitative estimate of drug-likeness (QED) is 0.177. The van der Waals surface area contributed by atoms with Crippen LogP contribution in [0.3, 0.4) is 0 Å². The maximum Gasteiger partial charge on any atom is 0.252 e. The Bertz CT molecular complexity index is 614. The molecule has 2 aliphatic rings. The van der Waals surface area contributed by atoms with Crippen LogP contribution < -0.4 is 10.6 Å². The molecule has 0 aromatic rings. The van der Waals surface area contributed by atoms with Gasteiger partial charge < -0.3 is 50.0 Å². The van der Waals surface area contributed by atoms with Crippen LogP contribution >= 0.6 is 12.6 Å². The van der Waals surface area contributed by atoms with Gasteiger partial charge in [0.05, 0.1) is 18.8 Å². The highest BCUT2D eigenvalue weighted by Gasteiger charge is 2.52. The highest BCUT2D eigenvalue weighted by atomic mass is 32.1. The molecule has 0 spiro atoms. The molecule has 2 aliphatic heterocycles. The van der Waals surface area contributed by atoms with Crippen LogP contribution in [0, 0.1) is 0 Å². The molecular formula is C18H32N2O10S. The molecule has 13 heteroatoms. The zero-order valence-electron chi connectivity index (χ0n) is 17.6. The molecule has 0 aromatic heterocycles. The molecule has 0 bridgehead atoms. The zero-order chi connectivity index (χ0) is 23.3. The first-order valence-corrected chi connectivity index (χ1v) is 10.6. The number of thiol groups is 1. The Kier molecular flexibility index (Phi) is 9.92. The lowest BCUT2D eigenvalue weighted by Gasteiger charge is -2.47. The first-order chi connectivity index (χ1) is 14.7. The van der Waals surface area contributed by atoms with Gasteiger partial charge in [-0.05, 0) is 6.92 Å². The van der Waals surface area contributed by atoms with Crippen molar-refractivity contribution in [1.29, 1.82) is 0 Å². The maximum atomic E-state index is 12.5. The number of hydrogen-bond donors (Lipinski definition) is 7. The number of carbonyl (C=O) groups is 2. The van der Waals surface area contributed by atoms with Crippen LogP contribution in [-0.4, -0.2) is 119 Å². The van der Waals surface area contributed by atoms with Crippen molar-refractivity contribution >= 4 is 24.4 Å². The summed E-state index contributed by atoms with van der Waals surface area (Å²) in [6.07, 6.45) is -11.5. The summed E-state index contributed by atoms with van der Waals surface area (Å²) in [4.78, 5) is 24.1. The minimum Gasteiger partial charge on any atom is -0.394 e. The average molecular weight is 469 g/mol. The van der Waals surface area contributed by atoms with Gasteiger partial charge in [-0.25, -0.2) is 0 Å². The van der Waals surface area contributed by atoms with E-state index < -0.39 is 79.6 Å². The van der Waals surface area contributed by atoms with E-state index in [0.717, 1.165) is 0 Å². The third-order valence-electron chi connectivity index (χ3n) is 5.29. The van der Waals surface area contributed by atoms with Crippen LogP contribution in [0.4, 0.5) is 0 Å². The van der Waals surface area contributed by atoms with Gasteiger partial charge in [0, 0.05) is 26.3 Å². The fraction of sp³-hybridized carbons (Fsp3) is 0.889. The third-order valence-corrected chi connectivity index (χ3v) is 5.52. The fourth-order valence-corrected chi connectivity index (χ4v) is 3.85. The van der Waals surface area contributed by atoms with Crippen LogP contribution in [-0.2, 0) is 28.5 Å². The normalized spacial score (nSPS) is 40.9. The van der Waals surface area contributed by atoms with Crippen LogP contribution in [0.25, 0.3) is 0 Å². The minimum absolute atomic E-state index is 0.237. The van der Waals surface area contributed by atoms with Gasteiger partial charge in [0.15, 0.2) is 12.4 Å². The van der Waals surface area contributed by atoms with Gasteiger partial charge in [0.25, 0.3) is 5.91 Å². The maximum absolute atomic E-state index is 12.5. The van der Waals surface area contributed by atoms with Crippen LogP contribution in [0.2, 0.25) is 0 Å². The van der Waals surface area contributed by atoms with Crippen LogP contribution in [0.5, 0.6) is 0 Å². The molecule has 10 atom stereocenters. The molecule has 4 unspecified atom stereocenters. The van der Waals surface area contributed by atoms with Crippen molar-refractivity contribution in [1.82, 2.24) is 10.6 Å². The van der Waals surface area contributed by atoms with Crippen molar-refractivity contribution in [3.8, 4) is 0 Å². The summed E-state index contributed by atoms with van der Waals surface area (Å²) in [5.41, 5.74) is 0. The lowest BCUT2D eigenvalue weighted by atomic mass is 9.92. The minimum atomic E-state index is -1.63. The summed E-state index contributed by atoms with van der Waals surface area (Å²) >= 11 is 4.02. The summed E-state index contributed by atoms with van der Waals surface area (Å²) in [6.45, 7) is 2.61. The van der Waals surface area contributed by atoms with E-state index in [0.29, 0.717) is 5.75 Å². The van der Waals surface area contributed by atoms with Gasteiger partial charge in [-0.2, -0.15) is 12.6 Å². The number of rotatable bonds is 8. The van der Waals surface area contributed by atoms with Gasteiger partial charge in [0.2, 0.25) is 5.91 Å². The second kappa shape index (κ2) is 11.7. The Hall–Kier alpha value is -1.03. The topological polar surface area (TPSA) is 176 Å². The Labute approximate surface area is 185 Å². The van der Waals surface area contributed by atoms with Crippen molar-refractivity contribution in [2.75, 3.05) is 26.0 Å². The van der Waals surface area contributed by atoms with Crippen molar-refractivity contribution in [2.24, 2.45) is 0 Å². The van der Waals surface area contributed by atoms with E-state index in [2.05, 4.69) is 23.3 Å². The summed E-state index contributed by atoms with van der Waals surface area (Å²) < 4.78 is 22.1. The summed E-state index contributed by atoms with van der Waals surface area (Å²) in [5.74, 6) is -0.654. The van der Waals surface area contributed by atoms with Gasteiger partial charge in [-0.15, -0.1) is 0 Å². The van der Waals surface area contributed by atoms with Gasteiger partial charge >= 0.3 is 0 Å². The number of carbonyl (C=O) groups excluding carboxylic acids is 2. The van der Waals surface area contributed by atoms with Gasteiger partial charge in [0.1, 0.15) is 36.6 Å². The van der Waals surface area contributed by atoms with E-state index in [1.807, 2.05) is 0 Å². The zero-order valence-corrected chi connectivity index (χ0v) is 18.5. The Morgan fingerprint density at radius 2 is 1.77 bits per heavy atom. The molecule has 180 valence electrons. The highest BCUT2D eigenvalue weighted by Crippen LogP contribution is 2.30. The van der Waals surface area contributed by atoms with E-state index in [1.54, 1.807) is 6.92 Å². The molecule has 6 N–H and O–H groups in total. The van der Waals surface area contributed by atoms with E-state index in [-0.39, 0.29) is 6.54 Å². The van der Waals surface area contributed by atoms with Crippen molar-refractivity contribution in [3.63, 3.8) is 0 Å². The number of nitrogens with one attached hydrogen (secondary N) is 2. The SMILES string of the molecule is CO[C@@H]1C(C(=O)NCCS)O[C@@H](OC2[C@H](O)C(CO)O[C@@H](C)[C@H]2NC(C)=O)[C@@H](O)C1O. The lowest BCUT2D eigenvalue weighted by Crippen LogP contribution is -2.68. The smallest absolute Gasteiger partial charge is 0.252 e. The van der Waals surface area contributed by atoms with Crippen molar-refractivity contribution in [2.45, 2.75) is 75.0 Å². The molecule has 0 saturated carbocycles. The monoisotopic (exact) mass is 468 g/mol. The van der Waals surface area contributed by atoms with E-state index in [9.17, 15) is 30.0 Å². The molecule has 2 heterocycles. The Morgan fingerprint density at radius 3 is 2.32 bits per heavy atom. The molecular weight excluding hydrogens is 436 g/mol. The molecule has 31 heavy (non-hydrogen) atoms. The number of ether oxygens (including phenoxy) is 4. The number of amides is 2. The predicted octanol–water partition coefficient (Wildman–Crippen LogP) is -3.48. The van der Waals surface area contributed by atoms with E-state index >= 15 is 0 Å². The molecule has 2 rings (SSSR count). The number of aliphatic hydroxyl groups is 4. The first-order valence-electron chi connectivity index (χ1n) is 9.96. The Morgan fingerprint density at radius 1 is 1.10 bits per heavy atom. The van der Waals surface area contributed by atoms with Crippen molar-refractivity contribution < 1.29 is 49.0 Å². The molecule has 2 fully saturated rings. The second-order valence-corrected chi connectivity index (χ2v) is 7.95. The molecule has 2 amide bonds. The number of methoxy groups -OCH3 is 1. The number of aliphatic hydroxyl groups excluding tert-OH is 4. The van der Waals surface area contributed by atoms with E-state index in [4.69, 9.17) is 18.9 Å². The second-order valence-electron chi connectivity index (χ2n) is 7.50. The standard InChI is InChI=1S/C18H32N2O10S/c1-7-10(20-8(2)22)14(11(23)9(6-21)28-7)29-18-13(25)12(24)15(27-3)16(30-18)17(26)19-4-5-31/h7,9-16,18,21,23-25,31H,4-6H2,1-3H3,(H,19,26)(H,20,22)/t7-,9?,10+,11+,12?,13-,14?,15-,16?,18+/m0/s1. The number of hydrogen-bond acceptors (Lipinski definition) is 11. The molecule has 0 radical (unpaired) electrons. The van der Waals surface area contributed by atoms with E-state index in [1.165, 1.54) is 14.0 Å². The highest BCUT2D eigenvalue weighted by molar-refractivity contribution is 7.80. The Balaban J connectivity index is 2.26. The third kappa shape index (κ3) is 6.06. The van der Waals surface area contributed by atoms with Crippen molar-refractivity contribution in [3.05, 3.63) is 0 Å². The average Bonchev–Trinajstić information content (AvgIpc) is 2.73. The fourth-order valence-electron chi connectivity index (χ4n) is 3.74. The lowest BCUT2D eigenvalue weighted by molar-refractivity contribution is -0.325. The van der Waals surface area contributed by atoms with Gasteiger partial charge in [-0.1, -0.05) is 0 Å². The molecule has 0 aliphatic carbocycles. The summed E-state index contributed by atoms with van der Waals surface area (Å²) in [5, 5.41) is 46.3. The molecule has 12 nitrogen and oxygen atoms in total. The summed E-state index contributed by atoms with van der Waals surface area (Å²) in [6, 6.07) is -0.861. The molecule has 2 saturated heterocycles. The largest absolute Gasteiger partial charge is 0.394 e. The summed E-state index contributed by atoms with van der Waals surface area (Å²) in [7, 11) is 1.26. The van der Waals surface area contributed by atoms with Gasteiger partial charge in [-0.3, -0.25) is 9.59 Å². The molecule has 0 aromatic carbocycles. The van der Waals surface area contributed by atoms with Crippen LogP contribution in [0.1, 0.15) is 13.8 Å².